The van der Waals surface area contributed by atoms with Crippen LogP contribution in [-0.2, 0) is 10.8 Å². The summed E-state index contributed by atoms with van der Waals surface area (Å²) in [6.45, 7) is 9.47. The molecular weight excluding hydrogens is 677 g/mol. The third-order valence-electron chi connectivity index (χ3n) is 13.0. The minimum atomic E-state index is -0.107. The van der Waals surface area contributed by atoms with Crippen molar-refractivity contribution in [1.29, 1.82) is 0 Å². The van der Waals surface area contributed by atoms with Gasteiger partial charge in [-0.25, -0.2) is 9.97 Å². The van der Waals surface area contributed by atoms with Crippen molar-refractivity contribution in [1.82, 2.24) is 9.97 Å². The van der Waals surface area contributed by atoms with Gasteiger partial charge in [-0.05, 0) is 98.3 Å². The maximum absolute atomic E-state index is 5.61. The molecule has 0 N–H and O–H groups in total. The van der Waals surface area contributed by atoms with Gasteiger partial charge in [-0.2, -0.15) is 0 Å². The van der Waals surface area contributed by atoms with Crippen molar-refractivity contribution >= 4 is 27.4 Å². The first-order valence-electron chi connectivity index (χ1n) is 20.0. The lowest BCUT2D eigenvalue weighted by atomic mass is 9.78. The zero-order valence-corrected chi connectivity index (χ0v) is 32.3. The van der Waals surface area contributed by atoms with Crippen molar-refractivity contribution in [3.8, 4) is 55.9 Å². The Bertz CT molecular complexity index is 3000. The van der Waals surface area contributed by atoms with Crippen LogP contribution in [-0.4, -0.2) is 9.97 Å². The molecule has 2 aromatic heterocycles. The predicted octanol–water partition coefficient (Wildman–Crippen LogP) is 14.2. The number of rotatable bonds is 4. The van der Waals surface area contributed by atoms with E-state index in [1.165, 1.54) is 50.1 Å². The molecule has 0 aliphatic heterocycles. The number of nitrogens with zero attached hydrogens (tertiary/aromatic N) is 2. The fourth-order valence-electron chi connectivity index (χ4n) is 10.0. The minimum Gasteiger partial charge on any atom is -0.245 e. The van der Waals surface area contributed by atoms with Crippen LogP contribution in [0.15, 0.2) is 163 Å². The number of benzene rings is 6. The van der Waals surface area contributed by atoms with Gasteiger partial charge in [0.15, 0.2) is 0 Å². The van der Waals surface area contributed by atoms with Crippen molar-refractivity contribution in [2.24, 2.45) is 0 Å². The van der Waals surface area contributed by atoms with Gasteiger partial charge in [0.1, 0.15) is 0 Å². The van der Waals surface area contributed by atoms with E-state index in [0.29, 0.717) is 0 Å². The first-order chi connectivity index (χ1) is 27.3. The van der Waals surface area contributed by atoms with Crippen LogP contribution in [0.3, 0.4) is 0 Å². The van der Waals surface area contributed by atoms with E-state index in [1.807, 2.05) is 0 Å². The van der Waals surface area contributed by atoms with Gasteiger partial charge in [-0.1, -0.05) is 167 Å². The Morgan fingerprint density at radius 3 is 1.55 bits per heavy atom. The van der Waals surface area contributed by atoms with E-state index in [2.05, 4.69) is 185 Å². The van der Waals surface area contributed by atoms with E-state index in [9.17, 15) is 0 Å². The average Bonchev–Trinajstić information content (AvgIpc) is 3.62. The van der Waals surface area contributed by atoms with Crippen LogP contribution in [0.1, 0.15) is 62.8 Å². The largest absolute Gasteiger partial charge is 0.245 e. The summed E-state index contributed by atoms with van der Waals surface area (Å²) in [5.41, 5.74) is 21.6. The molecule has 2 heteroatoms. The summed E-state index contributed by atoms with van der Waals surface area (Å²) in [5, 5.41) is 2.20. The number of aromatic nitrogens is 2. The Labute approximate surface area is 329 Å². The molecule has 3 aliphatic rings. The van der Waals surface area contributed by atoms with E-state index in [0.717, 1.165) is 68.3 Å². The fraction of sp³-hybridized carbons (Fsp3) is 0.148. The maximum Gasteiger partial charge on any atom is 0.0978 e. The fourth-order valence-corrected chi connectivity index (χ4v) is 10.0. The zero-order chi connectivity index (χ0) is 37.8. The van der Waals surface area contributed by atoms with Gasteiger partial charge in [-0.15, -0.1) is 0 Å². The summed E-state index contributed by atoms with van der Waals surface area (Å²) in [7, 11) is 0. The highest BCUT2D eigenvalue weighted by Crippen LogP contribution is 2.52. The van der Waals surface area contributed by atoms with Gasteiger partial charge in [0.05, 0.1) is 22.4 Å². The molecule has 11 rings (SSSR count). The van der Waals surface area contributed by atoms with Gasteiger partial charge in [0, 0.05) is 32.7 Å². The molecule has 0 radical (unpaired) electrons. The molecule has 6 aromatic carbocycles. The normalized spacial score (nSPS) is 15.9. The minimum absolute atomic E-state index is 0.0237. The quantitative estimate of drug-likeness (QED) is 0.169. The zero-order valence-electron chi connectivity index (χ0n) is 32.3. The summed E-state index contributed by atoms with van der Waals surface area (Å²) < 4.78 is 0. The second-order valence-electron chi connectivity index (χ2n) is 16.8. The van der Waals surface area contributed by atoms with Crippen LogP contribution >= 0.6 is 0 Å². The van der Waals surface area contributed by atoms with Crippen molar-refractivity contribution in [2.45, 2.75) is 51.4 Å². The lowest BCUT2D eigenvalue weighted by Crippen LogP contribution is -2.17. The topological polar surface area (TPSA) is 25.8 Å². The van der Waals surface area contributed by atoms with Crippen molar-refractivity contribution in [2.75, 3.05) is 0 Å². The second kappa shape index (κ2) is 12.1. The van der Waals surface area contributed by atoms with Gasteiger partial charge in [0.2, 0.25) is 0 Å². The van der Waals surface area contributed by atoms with E-state index >= 15 is 0 Å². The van der Waals surface area contributed by atoms with Crippen LogP contribution < -0.4 is 0 Å². The monoisotopic (exact) mass is 718 g/mol. The first-order valence-corrected chi connectivity index (χ1v) is 20.0. The Kier molecular flexibility index (Phi) is 7.11. The molecule has 0 fully saturated rings. The first kappa shape index (κ1) is 33.0. The second-order valence-corrected chi connectivity index (χ2v) is 16.8. The third-order valence-corrected chi connectivity index (χ3v) is 13.0. The molecule has 0 spiro atoms. The Morgan fingerprint density at radius 1 is 0.429 bits per heavy atom. The number of hydrogen-bond donors (Lipinski definition) is 0. The Balaban J connectivity index is 1.17. The van der Waals surface area contributed by atoms with Gasteiger partial charge >= 0.3 is 0 Å². The lowest BCUT2D eigenvalue weighted by molar-refractivity contribution is 0.607. The van der Waals surface area contributed by atoms with E-state index in [4.69, 9.17) is 9.97 Å². The molecule has 0 saturated heterocycles. The van der Waals surface area contributed by atoms with Crippen molar-refractivity contribution < 1.29 is 0 Å². The molecule has 0 unspecified atom stereocenters. The molecule has 268 valence electrons. The smallest absolute Gasteiger partial charge is 0.0978 e. The highest BCUT2D eigenvalue weighted by atomic mass is 14.8. The molecule has 8 aromatic rings. The molecule has 2 nitrogen and oxygen atoms in total. The average molecular weight is 719 g/mol. The van der Waals surface area contributed by atoms with E-state index < -0.39 is 0 Å². The standard InChI is InChI=1S/C54H42N2/c1-53(2)45-21-13-11-19-37(45)39-25-23-35(29-47(39)53)49-31-43(33-15-7-5-8-16-33)41-27-28-42-44(34-17-9-6-10-18-34)32-50(56-52(42)51(41)55-49)36-24-26-40-38-20-12-14-22-46(38)54(3,4)48(40)30-36/h5-13,15-21,23-32H,14,22H2,1-4H3. The lowest BCUT2D eigenvalue weighted by Gasteiger charge is -2.26. The molecular formula is C54H42N2. The Morgan fingerprint density at radius 2 is 0.946 bits per heavy atom. The molecule has 56 heavy (non-hydrogen) atoms. The highest BCUT2D eigenvalue weighted by Gasteiger charge is 2.38. The molecule has 2 heterocycles. The number of allylic oxidation sites excluding steroid dienone is 4. The van der Waals surface area contributed by atoms with Crippen LogP contribution in [0.4, 0.5) is 0 Å². The SMILES string of the molecule is CC1(C)C2=C(C=CCC2)c2ccc(-c3cc(-c4ccccc4)c4ccc5c(-c6ccccc6)cc(-c6ccc7c(c6)C(C)(C)c6ccccc6-7)nc5c4n3)cc21. The van der Waals surface area contributed by atoms with E-state index in [1.54, 1.807) is 5.57 Å². The number of hydrogen-bond acceptors (Lipinski definition) is 2. The summed E-state index contributed by atoms with van der Waals surface area (Å²) in [5.74, 6) is 0. The van der Waals surface area contributed by atoms with Crippen LogP contribution in [0.25, 0.3) is 83.3 Å². The van der Waals surface area contributed by atoms with Gasteiger partial charge in [0.25, 0.3) is 0 Å². The van der Waals surface area contributed by atoms with Crippen LogP contribution in [0, 0.1) is 0 Å². The summed E-state index contributed by atoms with van der Waals surface area (Å²) >= 11 is 0. The maximum atomic E-state index is 5.61. The van der Waals surface area contributed by atoms with Crippen LogP contribution in [0.5, 0.6) is 0 Å². The summed E-state index contributed by atoms with van der Waals surface area (Å²) in [6.07, 6.45) is 6.90. The highest BCUT2D eigenvalue weighted by molar-refractivity contribution is 6.13. The van der Waals surface area contributed by atoms with Gasteiger partial charge in [-0.3, -0.25) is 0 Å². The van der Waals surface area contributed by atoms with Crippen LogP contribution in [0.2, 0.25) is 0 Å². The van der Waals surface area contributed by atoms with E-state index in [-0.39, 0.29) is 10.8 Å². The molecule has 3 aliphatic carbocycles. The molecule has 0 saturated carbocycles. The summed E-state index contributed by atoms with van der Waals surface area (Å²) in [4.78, 5) is 11.2. The van der Waals surface area contributed by atoms with Crippen molar-refractivity contribution in [3.63, 3.8) is 0 Å². The summed E-state index contributed by atoms with van der Waals surface area (Å²) in [6, 6.07) is 53.4. The number of pyridine rings is 2. The molecule has 0 bridgehead atoms. The third kappa shape index (κ3) is 4.81. The van der Waals surface area contributed by atoms with Gasteiger partial charge < -0.3 is 0 Å². The predicted molar refractivity (Wildman–Crippen MR) is 235 cm³/mol. The van der Waals surface area contributed by atoms with Crippen molar-refractivity contribution in [3.05, 3.63) is 186 Å². The number of fused-ring (bicyclic) bond motifs is 8. The molecule has 0 amide bonds. The Hall–Kier alpha value is -6.38. The molecule has 0 atom stereocenters.